The van der Waals surface area contributed by atoms with Crippen molar-refractivity contribution in [3.63, 3.8) is 0 Å². The van der Waals surface area contributed by atoms with Crippen LogP contribution in [0.5, 0.6) is 0 Å². The van der Waals surface area contributed by atoms with Crippen LogP contribution >= 0.6 is 0 Å². The number of hydrogen-bond acceptors (Lipinski definition) is 6. The molecule has 1 aromatic heterocycles. The van der Waals surface area contributed by atoms with Crippen LogP contribution in [0, 0.1) is 5.92 Å². The number of carbonyl (C=O) groups is 1. The summed E-state index contributed by atoms with van der Waals surface area (Å²) in [6.45, 7) is 3.14. The average molecular weight is 423 g/mol. The van der Waals surface area contributed by atoms with Crippen LogP contribution in [0.4, 0.5) is 13.2 Å². The molecule has 0 saturated carbocycles. The molecule has 0 spiro atoms. The number of amides is 1. The zero-order valence-electron chi connectivity index (χ0n) is 15.9. The predicted octanol–water partition coefficient (Wildman–Crippen LogP) is 0.161. The Balaban J connectivity index is 2.24. The summed E-state index contributed by atoms with van der Waals surface area (Å²) >= 11 is 0. The average Bonchev–Trinajstić information content (AvgIpc) is 2.92. The van der Waals surface area contributed by atoms with Gasteiger partial charge in [0.1, 0.15) is 12.2 Å². The molecule has 1 saturated heterocycles. The van der Waals surface area contributed by atoms with Gasteiger partial charge in [-0.15, -0.1) is 0 Å². The van der Waals surface area contributed by atoms with E-state index in [1.54, 1.807) is 0 Å². The fraction of sp³-hybridized carbons (Fsp3) is 0.706. The zero-order valence-corrected chi connectivity index (χ0v) is 15.9. The molecule has 0 unspecified atom stereocenters. The molecule has 1 aliphatic rings. The van der Waals surface area contributed by atoms with Gasteiger partial charge in [0.2, 0.25) is 0 Å². The molecule has 0 radical (unpaired) electrons. The first kappa shape index (κ1) is 23.1. The molecule has 164 valence electrons. The number of H-pyrrole nitrogens is 1. The van der Waals surface area contributed by atoms with Crippen molar-refractivity contribution in [3.8, 4) is 0 Å². The first-order chi connectivity index (χ1) is 13.5. The van der Waals surface area contributed by atoms with E-state index in [0.29, 0.717) is 6.42 Å². The molecule has 0 bridgehead atoms. The van der Waals surface area contributed by atoms with Crippen molar-refractivity contribution >= 4 is 5.91 Å². The minimum Gasteiger partial charge on any atom is -0.388 e. The van der Waals surface area contributed by atoms with Crippen LogP contribution in [-0.2, 0) is 16.1 Å². The van der Waals surface area contributed by atoms with Crippen molar-refractivity contribution in [3.05, 3.63) is 32.6 Å². The van der Waals surface area contributed by atoms with E-state index in [9.17, 15) is 37.8 Å². The van der Waals surface area contributed by atoms with Gasteiger partial charge in [0, 0.05) is 12.7 Å². The highest BCUT2D eigenvalue weighted by molar-refractivity contribution is 5.81. The molecule has 0 aliphatic carbocycles. The minimum atomic E-state index is -5.13. The molecular weight excluding hydrogens is 399 g/mol. The monoisotopic (exact) mass is 423 g/mol. The second-order valence-corrected chi connectivity index (χ2v) is 6.97. The summed E-state index contributed by atoms with van der Waals surface area (Å²) in [5.74, 6) is -2.02. The van der Waals surface area contributed by atoms with E-state index in [-0.39, 0.29) is 11.5 Å². The summed E-state index contributed by atoms with van der Waals surface area (Å²) in [6.07, 6.45) is -7.01. The highest BCUT2D eigenvalue weighted by atomic mass is 19.4. The van der Waals surface area contributed by atoms with Gasteiger partial charge < -0.3 is 20.3 Å². The third-order valence-corrected chi connectivity index (χ3v) is 5.07. The Hall–Kier alpha value is -2.18. The van der Waals surface area contributed by atoms with Crippen molar-refractivity contribution in [1.29, 1.82) is 0 Å². The molecular formula is C17H24F3N3O6. The minimum absolute atomic E-state index is 0.223. The Morgan fingerprint density at radius 3 is 2.45 bits per heavy atom. The molecule has 4 atom stereocenters. The molecule has 0 aromatic carbocycles. The number of nitrogens with one attached hydrogen (secondary N) is 2. The number of aliphatic hydroxyl groups is 2. The molecule has 29 heavy (non-hydrogen) atoms. The van der Waals surface area contributed by atoms with Gasteiger partial charge in [-0.1, -0.05) is 26.7 Å². The molecule has 2 heterocycles. The maximum Gasteiger partial charge on any atom is 0.471 e. The van der Waals surface area contributed by atoms with Crippen LogP contribution in [-0.4, -0.2) is 50.2 Å². The van der Waals surface area contributed by atoms with Gasteiger partial charge in [0.15, 0.2) is 6.23 Å². The van der Waals surface area contributed by atoms with Gasteiger partial charge >= 0.3 is 17.8 Å². The smallest absolute Gasteiger partial charge is 0.388 e. The van der Waals surface area contributed by atoms with Crippen molar-refractivity contribution in [2.24, 2.45) is 5.92 Å². The lowest BCUT2D eigenvalue weighted by molar-refractivity contribution is -0.173. The largest absolute Gasteiger partial charge is 0.471 e. The second-order valence-electron chi connectivity index (χ2n) is 6.97. The standard InChI is InChI=1S/C17H24F3N3O6/c1-3-8(4-2)5-10-11(24)12(25)14(29-10)23-7-9(13(26)22-16(23)28)6-21-15(27)17(18,19)20/h7-8,10-12,14,24-25H,3-6H2,1-2H3,(H,21,27)(H,22,26,28)/t10-,11-,12-,14-/m1/s1. The summed E-state index contributed by atoms with van der Waals surface area (Å²) in [6, 6.07) is 0. The third kappa shape index (κ3) is 5.25. The summed E-state index contributed by atoms with van der Waals surface area (Å²) in [5, 5.41) is 22.1. The molecule has 1 aromatic rings. The van der Waals surface area contributed by atoms with Crippen LogP contribution in [0.3, 0.4) is 0 Å². The summed E-state index contributed by atoms with van der Waals surface area (Å²) < 4.78 is 43.3. The number of nitrogens with zero attached hydrogens (tertiary/aromatic N) is 1. The van der Waals surface area contributed by atoms with Crippen LogP contribution in [0.2, 0.25) is 0 Å². The van der Waals surface area contributed by atoms with E-state index in [0.717, 1.165) is 23.6 Å². The summed E-state index contributed by atoms with van der Waals surface area (Å²) in [7, 11) is 0. The lowest BCUT2D eigenvalue weighted by atomic mass is 9.93. The van der Waals surface area contributed by atoms with E-state index in [4.69, 9.17) is 4.74 Å². The van der Waals surface area contributed by atoms with Gasteiger partial charge in [-0.2, -0.15) is 13.2 Å². The van der Waals surface area contributed by atoms with Crippen LogP contribution in [0.25, 0.3) is 0 Å². The molecule has 1 amide bonds. The van der Waals surface area contributed by atoms with E-state index in [1.807, 2.05) is 18.8 Å². The maximum atomic E-state index is 12.3. The first-order valence-corrected chi connectivity index (χ1v) is 9.20. The fourth-order valence-electron chi connectivity index (χ4n) is 3.22. The van der Waals surface area contributed by atoms with Crippen LogP contribution < -0.4 is 16.6 Å². The Morgan fingerprint density at radius 1 is 1.28 bits per heavy atom. The Kier molecular flexibility index (Phi) is 7.25. The highest BCUT2D eigenvalue weighted by Crippen LogP contribution is 2.33. The second kappa shape index (κ2) is 9.09. The van der Waals surface area contributed by atoms with E-state index in [2.05, 4.69) is 0 Å². The topological polar surface area (TPSA) is 134 Å². The number of carbonyl (C=O) groups excluding carboxylic acids is 1. The van der Waals surface area contributed by atoms with Gasteiger partial charge in [0.25, 0.3) is 5.56 Å². The van der Waals surface area contributed by atoms with Gasteiger partial charge in [-0.3, -0.25) is 19.1 Å². The number of rotatable bonds is 7. The number of aliphatic hydroxyl groups excluding tert-OH is 2. The Bertz CT molecular complexity index is 833. The van der Waals surface area contributed by atoms with Gasteiger partial charge in [0.05, 0.1) is 11.7 Å². The van der Waals surface area contributed by atoms with Crippen molar-refractivity contribution < 1.29 is 32.9 Å². The van der Waals surface area contributed by atoms with Crippen LogP contribution in [0.15, 0.2) is 15.8 Å². The lowest BCUT2D eigenvalue weighted by Gasteiger charge is -2.20. The van der Waals surface area contributed by atoms with Crippen molar-refractivity contribution in [1.82, 2.24) is 14.9 Å². The first-order valence-electron chi connectivity index (χ1n) is 9.20. The molecule has 4 N–H and O–H groups in total. The van der Waals surface area contributed by atoms with E-state index >= 15 is 0 Å². The highest BCUT2D eigenvalue weighted by Gasteiger charge is 2.44. The van der Waals surface area contributed by atoms with Crippen molar-refractivity contribution in [2.45, 2.75) is 70.4 Å². The van der Waals surface area contributed by atoms with E-state index in [1.165, 1.54) is 5.32 Å². The molecule has 9 nitrogen and oxygen atoms in total. The fourth-order valence-corrected chi connectivity index (χ4v) is 3.22. The molecule has 1 aliphatic heterocycles. The lowest BCUT2D eigenvalue weighted by Crippen LogP contribution is -2.41. The quantitative estimate of drug-likeness (QED) is 0.494. The SMILES string of the molecule is CCC(CC)C[C@H]1O[C@@H](n2cc(CNC(=O)C(F)(F)F)c(=O)[nH]c2=O)[C@H](O)[C@@H]1O. The Morgan fingerprint density at radius 2 is 1.90 bits per heavy atom. The summed E-state index contributed by atoms with van der Waals surface area (Å²) in [5.41, 5.74) is -2.31. The van der Waals surface area contributed by atoms with Gasteiger partial charge in [-0.25, -0.2) is 4.79 Å². The third-order valence-electron chi connectivity index (χ3n) is 5.07. The summed E-state index contributed by atoms with van der Waals surface area (Å²) in [4.78, 5) is 36.8. The van der Waals surface area contributed by atoms with Crippen molar-refractivity contribution in [2.75, 3.05) is 0 Å². The number of alkyl halides is 3. The normalized spacial score (nSPS) is 24.8. The number of ether oxygens (including phenoxy) is 1. The number of aromatic nitrogens is 2. The predicted molar refractivity (Wildman–Crippen MR) is 93.8 cm³/mol. The molecule has 12 heteroatoms. The van der Waals surface area contributed by atoms with Gasteiger partial charge in [-0.05, 0) is 12.3 Å². The van der Waals surface area contributed by atoms with Crippen LogP contribution in [0.1, 0.15) is 44.9 Å². The molecule has 2 rings (SSSR count). The molecule has 1 fully saturated rings. The number of hydrogen-bond donors (Lipinski definition) is 4. The number of halogens is 3. The Labute approximate surface area is 163 Å². The zero-order chi connectivity index (χ0) is 21.9. The number of aromatic amines is 1. The maximum absolute atomic E-state index is 12.3. The van der Waals surface area contributed by atoms with E-state index < -0.39 is 54.4 Å².